The van der Waals surface area contributed by atoms with Crippen LogP contribution in [0, 0.1) is 0 Å². The fourth-order valence-corrected chi connectivity index (χ4v) is 5.83. The van der Waals surface area contributed by atoms with E-state index in [0.717, 1.165) is 5.01 Å². The number of nitrogens with zero attached hydrogens (tertiary/aromatic N) is 3. The van der Waals surface area contributed by atoms with Crippen molar-refractivity contribution < 1.29 is 22.8 Å². The molecule has 1 atom stereocenters. The van der Waals surface area contributed by atoms with Gasteiger partial charge in [0.2, 0.25) is 0 Å². The summed E-state index contributed by atoms with van der Waals surface area (Å²) in [5, 5.41) is 5.36. The molecule has 7 nitrogen and oxygen atoms in total. The minimum Gasteiger partial charge on any atom is -0.364 e. The smallest absolute Gasteiger partial charge is 0.364 e. The molecule has 2 amide bonds. The normalized spacial score (nSPS) is 15.4. The highest BCUT2D eigenvalue weighted by Crippen LogP contribution is 2.34. The zero-order chi connectivity index (χ0) is 26.4. The molecule has 0 aromatic carbocycles. The highest BCUT2D eigenvalue weighted by molar-refractivity contribution is 7.99. The number of aromatic amines is 1. The third-order valence-electron chi connectivity index (χ3n) is 6.08. The molecule has 0 radical (unpaired) electrons. The molecule has 0 saturated carbocycles. The molecular weight excluding hydrogens is 523 g/mol. The monoisotopic (exact) mass is 549 g/mol. The Hall–Kier alpha value is -3.12. The summed E-state index contributed by atoms with van der Waals surface area (Å²) >= 11 is 2.77. The molecule has 1 aliphatic heterocycles. The predicted molar refractivity (Wildman–Crippen MR) is 137 cm³/mol. The summed E-state index contributed by atoms with van der Waals surface area (Å²) in [6.07, 6.45) is 1.69. The van der Waals surface area contributed by atoms with Crippen LogP contribution in [0.1, 0.15) is 56.2 Å². The van der Waals surface area contributed by atoms with Crippen molar-refractivity contribution in [2.45, 2.75) is 35.9 Å². The van der Waals surface area contributed by atoms with E-state index in [1.54, 1.807) is 34.7 Å². The van der Waals surface area contributed by atoms with E-state index in [2.05, 4.69) is 26.8 Å². The summed E-state index contributed by atoms with van der Waals surface area (Å²) < 4.78 is 40.3. The van der Waals surface area contributed by atoms with Crippen LogP contribution in [0.4, 0.5) is 13.2 Å². The standard InChI is InChI=1S/C25H26F3N5O2S2/c1-2-13-36-23-17(5-3-10-30-23)24(35)33-11-7-16(8-12-33)22-32-20(15-37-22)21(34)31-14-18(25(26,27)28)19-6-4-9-29-19/h2-6,9-10,15-16,18,29H,1,7-8,11-14H2,(H,31,34). The first kappa shape index (κ1) is 26.9. The first-order chi connectivity index (χ1) is 17.8. The Morgan fingerprint density at radius 1 is 1.30 bits per heavy atom. The maximum Gasteiger partial charge on any atom is 0.398 e. The fourth-order valence-electron chi connectivity index (χ4n) is 4.13. The number of thiazole rings is 1. The van der Waals surface area contributed by atoms with Gasteiger partial charge in [-0.25, -0.2) is 9.97 Å². The Morgan fingerprint density at radius 2 is 2.08 bits per heavy atom. The maximum atomic E-state index is 13.4. The van der Waals surface area contributed by atoms with E-state index >= 15 is 0 Å². The van der Waals surface area contributed by atoms with E-state index in [1.165, 1.54) is 41.4 Å². The van der Waals surface area contributed by atoms with Gasteiger partial charge in [0.1, 0.15) is 16.6 Å². The number of amides is 2. The molecule has 37 heavy (non-hydrogen) atoms. The lowest BCUT2D eigenvalue weighted by atomic mass is 9.97. The maximum absolute atomic E-state index is 13.4. The number of H-pyrrole nitrogens is 1. The zero-order valence-electron chi connectivity index (χ0n) is 19.8. The van der Waals surface area contributed by atoms with Gasteiger partial charge in [0.25, 0.3) is 11.8 Å². The van der Waals surface area contributed by atoms with Crippen molar-refractivity contribution in [3.8, 4) is 0 Å². The number of carbonyl (C=O) groups excluding carboxylic acids is 2. The number of likely N-dealkylation sites (tertiary alicyclic amines) is 1. The molecule has 4 heterocycles. The summed E-state index contributed by atoms with van der Waals surface area (Å²) in [5.41, 5.74) is 0.661. The van der Waals surface area contributed by atoms with Gasteiger partial charge in [-0.1, -0.05) is 6.08 Å². The number of pyridine rings is 1. The summed E-state index contributed by atoms with van der Waals surface area (Å²) in [6, 6.07) is 6.35. The number of halogens is 3. The van der Waals surface area contributed by atoms with Crippen LogP contribution < -0.4 is 5.32 Å². The van der Waals surface area contributed by atoms with Crippen LogP contribution in [-0.4, -0.2) is 63.2 Å². The van der Waals surface area contributed by atoms with Gasteiger partial charge < -0.3 is 15.2 Å². The lowest BCUT2D eigenvalue weighted by Crippen LogP contribution is -2.38. The van der Waals surface area contributed by atoms with Crippen LogP contribution >= 0.6 is 23.1 Å². The van der Waals surface area contributed by atoms with Crippen molar-refractivity contribution in [3.63, 3.8) is 0 Å². The quantitative estimate of drug-likeness (QED) is 0.281. The Labute approximate surface area is 220 Å². The molecule has 0 bridgehead atoms. The van der Waals surface area contributed by atoms with E-state index in [4.69, 9.17) is 0 Å². The fraction of sp³-hybridized carbons (Fsp3) is 0.360. The number of aromatic nitrogens is 3. The molecule has 4 rings (SSSR count). The van der Waals surface area contributed by atoms with Crippen molar-refractivity contribution in [2.24, 2.45) is 0 Å². The van der Waals surface area contributed by atoms with Crippen molar-refractivity contribution in [1.82, 2.24) is 25.2 Å². The van der Waals surface area contributed by atoms with Gasteiger partial charge >= 0.3 is 6.18 Å². The summed E-state index contributed by atoms with van der Waals surface area (Å²) in [5.74, 6) is -1.82. The molecular formula is C25H26F3N5O2S2. The van der Waals surface area contributed by atoms with Crippen LogP contribution in [0.25, 0.3) is 0 Å². The summed E-state index contributed by atoms with van der Waals surface area (Å²) in [7, 11) is 0. The minimum absolute atomic E-state index is 0.00854. The molecule has 2 N–H and O–H groups in total. The molecule has 3 aromatic heterocycles. The largest absolute Gasteiger partial charge is 0.398 e. The molecule has 1 fully saturated rings. The number of rotatable bonds is 9. The number of hydrogen-bond donors (Lipinski definition) is 2. The van der Waals surface area contributed by atoms with Gasteiger partial charge in [-0.05, 0) is 37.1 Å². The van der Waals surface area contributed by atoms with Crippen LogP contribution in [0.15, 0.2) is 59.7 Å². The third kappa shape index (κ3) is 6.61. The Balaban J connectivity index is 1.33. The van der Waals surface area contributed by atoms with Gasteiger partial charge in [-0.3, -0.25) is 9.59 Å². The van der Waals surface area contributed by atoms with Gasteiger partial charge in [-0.2, -0.15) is 13.2 Å². The van der Waals surface area contributed by atoms with E-state index in [1.807, 2.05) is 0 Å². The van der Waals surface area contributed by atoms with Crippen molar-refractivity contribution in [1.29, 1.82) is 0 Å². The predicted octanol–water partition coefficient (Wildman–Crippen LogP) is 5.24. The van der Waals surface area contributed by atoms with E-state index in [-0.39, 0.29) is 23.2 Å². The van der Waals surface area contributed by atoms with E-state index < -0.39 is 24.5 Å². The number of carbonyl (C=O) groups is 2. The number of piperidine rings is 1. The molecule has 1 unspecified atom stereocenters. The lowest BCUT2D eigenvalue weighted by molar-refractivity contribution is -0.149. The molecule has 196 valence electrons. The first-order valence-electron chi connectivity index (χ1n) is 11.7. The van der Waals surface area contributed by atoms with Gasteiger partial charge in [-0.15, -0.1) is 29.7 Å². The average Bonchev–Trinajstić information content (AvgIpc) is 3.60. The van der Waals surface area contributed by atoms with Crippen LogP contribution in [-0.2, 0) is 0 Å². The molecule has 0 aliphatic carbocycles. The topological polar surface area (TPSA) is 91.0 Å². The molecule has 0 spiro atoms. The summed E-state index contributed by atoms with van der Waals surface area (Å²) in [4.78, 5) is 38.7. The number of thioether (sulfide) groups is 1. The average molecular weight is 550 g/mol. The van der Waals surface area contributed by atoms with Crippen LogP contribution in [0.3, 0.4) is 0 Å². The third-order valence-corrected chi connectivity index (χ3v) is 8.09. The van der Waals surface area contributed by atoms with E-state index in [9.17, 15) is 22.8 Å². The zero-order valence-corrected chi connectivity index (χ0v) is 21.5. The molecule has 1 aliphatic rings. The summed E-state index contributed by atoms with van der Waals surface area (Å²) in [6.45, 7) is 4.19. The SMILES string of the molecule is C=CCSc1ncccc1C(=O)N1CCC(c2nc(C(=O)NCC(c3ccc[nH]3)C(F)(F)F)cs2)CC1. The molecule has 1 saturated heterocycles. The van der Waals surface area contributed by atoms with Gasteiger partial charge in [0.15, 0.2) is 0 Å². The number of nitrogens with one attached hydrogen (secondary N) is 2. The highest BCUT2D eigenvalue weighted by atomic mass is 32.2. The van der Waals surface area contributed by atoms with Crippen LogP contribution in [0.2, 0.25) is 0 Å². The second-order valence-electron chi connectivity index (χ2n) is 8.52. The highest BCUT2D eigenvalue weighted by Gasteiger charge is 2.41. The molecule has 12 heteroatoms. The Morgan fingerprint density at radius 3 is 2.76 bits per heavy atom. The lowest BCUT2D eigenvalue weighted by Gasteiger charge is -2.31. The number of hydrogen-bond acceptors (Lipinski definition) is 6. The van der Waals surface area contributed by atoms with Gasteiger partial charge in [0.05, 0.1) is 10.6 Å². The Bertz CT molecular complexity index is 1220. The molecule has 3 aromatic rings. The van der Waals surface area contributed by atoms with Gasteiger partial charge in [0, 0.05) is 54.8 Å². The van der Waals surface area contributed by atoms with Crippen molar-refractivity contribution in [2.75, 3.05) is 25.4 Å². The second kappa shape index (κ2) is 12.0. The second-order valence-corrected chi connectivity index (χ2v) is 10.4. The first-order valence-corrected chi connectivity index (χ1v) is 13.6. The minimum atomic E-state index is -4.50. The van der Waals surface area contributed by atoms with E-state index in [0.29, 0.717) is 42.3 Å². The van der Waals surface area contributed by atoms with Crippen LogP contribution in [0.5, 0.6) is 0 Å². The van der Waals surface area contributed by atoms with Crippen molar-refractivity contribution in [3.05, 3.63) is 76.7 Å². The number of alkyl halides is 3. The Kier molecular flexibility index (Phi) is 8.70. The van der Waals surface area contributed by atoms with Crippen molar-refractivity contribution >= 4 is 34.9 Å².